The maximum Gasteiger partial charge on any atom is 0.0919 e. The van der Waals surface area contributed by atoms with Gasteiger partial charge in [-0.1, -0.05) is 78.1 Å². The minimum absolute atomic E-state index is 0.141. The average Bonchev–Trinajstić information content (AvgIpc) is 2.31. The van der Waals surface area contributed by atoms with E-state index in [1.807, 2.05) is 6.92 Å². The Morgan fingerprint density at radius 1 is 0.750 bits per heavy atom. The van der Waals surface area contributed by atoms with Crippen molar-refractivity contribution in [3.63, 3.8) is 0 Å². The molecule has 0 radical (unpaired) electrons. The Morgan fingerprint density at radius 2 is 1.19 bits per heavy atom. The largest absolute Gasteiger partial charge is 0.251 e. The Labute approximate surface area is 102 Å². The molecule has 0 rings (SSSR count). The number of rotatable bonds is 12. The summed E-state index contributed by atoms with van der Waals surface area (Å²) in [5.41, 5.74) is 0. The Kier molecular flexibility index (Phi) is 12.9. The molecule has 0 aliphatic rings. The summed E-state index contributed by atoms with van der Waals surface area (Å²) in [6.45, 7) is 4.13. The molecule has 0 heterocycles. The van der Waals surface area contributed by atoms with Crippen LogP contribution in [0.3, 0.4) is 0 Å². The molecule has 0 aromatic carbocycles. The van der Waals surface area contributed by atoms with Gasteiger partial charge in [-0.05, 0) is 12.3 Å². The van der Waals surface area contributed by atoms with E-state index in [1.165, 1.54) is 64.2 Å². The third-order valence-electron chi connectivity index (χ3n) is 3.31. The molecule has 0 saturated heterocycles. The number of hydrogen-bond acceptors (Lipinski definition) is 0. The molecule has 16 heavy (non-hydrogen) atoms. The summed E-state index contributed by atoms with van der Waals surface area (Å²) in [6.07, 6.45) is 14.8. The monoisotopic (exact) mass is 230 g/mol. The van der Waals surface area contributed by atoms with Crippen LogP contribution >= 0.6 is 0 Å². The van der Waals surface area contributed by atoms with Crippen LogP contribution in [0.25, 0.3) is 0 Å². The molecule has 0 aliphatic carbocycles. The van der Waals surface area contributed by atoms with E-state index in [2.05, 4.69) is 6.92 Å². The van der Waals surface area contributed by atoms with Gasteiger partial charge in [-0.15, -0.1) is 0 Å². The third-order valence-corrected chi connectivity index (χ3v) is 3.31. The lowest BCUT2D eigenvalue weighted by atomic mass is 10.0. The van der Waals surface area contributed by atoms with Gasteiger partial charge in [-0.25, -0.2) is 0 Å². The van der Waals surface area contributed by atoms with Crippen molar-refractivity contribution in [1.82, 2.24) is 0 Å². The Balaban J connectivity index is 2.93. The first-order chi connectivity index (χ1) is 7.81. The van der Waals surface area contributed by atoms with Crippen LogP contribution in [-0.2, 0) is 0 Å². The first kappa shape index (κ1) is 15.9. The quantitative estimate of drug-likeness (QED) is 0.366. The van der Waals surface area contributed by atoms with Gasteiger partial charge < -0.3 is 0 Å². The highest BCUT2D eigenvalue weighted by atomic mass is 19.1. The van der Waals surface area contributed by atoms with Crippen molar-refractivity contribution < 1.29 is 4.39 Å². The fourth-order valence-electron chi connectivity index (χ4n) is 2.06. The first-order valence-electron chi connectivity index (χ1n) is 7.37. The fraction of sp³-hybridized carbons (Fsp3) is 1.00. The number of alkyl halides is 1. The van der Waals surface area contributed by atoms with Crippen molar-refractivity contribution in [1.29, 1.82) is 0 Å². The van der Waals surface area contributed by atoms with Crippen molar-refractivity contribution in [3.8, 4) is 0 Å². The van der Waals surface area contributed by atoms with Crippen LogP contribution in [0.5, 0.6) is 0 Å². The van der Waals surface area contributed by atoms with E-state index in [4.69, 9.17) is 0 Å². The molecule has 0 saturated carbocycles. The summed E-state index contributed by atoms with van der Waals surface area (Å²) in [5.74, 6) is 0.286. The fourth-order valence-corrected chi connectivity index (χ4v) is 2.06. The second kappa shape index (κ2) is 13.0. The van der Waals surface area contributed by atoms with Crippen molar-refractivity contribution in [2.45, 2.75) is 84.5 Å². The highest BCUT2D eigenvalue weighted by Gasteiger charge is 1.99. The standard InChI is InChI=1S/C15H31F/c1-3-4-5-6-7-8-9-10-11-12-13-15(2)14-16/h15H,3-14H2,1-2H3. The smallest absolute Gasteiger partial charge is 0.0919 e. The van der Waals surface area contributed by atoms with E-state index in [-0.39, 0.29) is 12.6 Å². The van der Waals surface area contributed by atoms with E-state index in [1.54, 1.807) is 0 Å². The van der Waals surface area contributed by atoms with E-state index in [9.17, 15) is 4.39 Å². The summed E-state index contributed by atoms with van der Waals surface area (Å²) in [7, 11) is 0. The molecule has 1 unspecified atom stereocenters. The number of halogens is 1. The maximum absolute atomic E-state index is 12.2. The van der Waals surface area contributed by atoms with Crippen LogP contribution in [0.4, 0.5) is 4.39 Å². The van der Waals surface area contributed by atoms with E-state index in [0.29, 0.717) is 0 Å². The Hall–Kier alpha value is -0.0700. The van der Waals surface area contributed by atoms with Crippen molar-refractivity contribution >= 4 is 0 Å². The zero-order valence-corrected chi connectivity index (χ0v) is 11.4. The van der Waals surface area contributed by atoms with Crippen LogP contribution in [0, 0.1) is 5.92 Å². The van der Waals surface area contributed by atoms with Gasteiger partial charge in [0.15, 0.2) is 0 Å². The van der Waals surface area contributed by atoms with E-state index < -0.39 is 0 Å². The lowest BCUT2D eigenvalue weighted by Crippen LogP contribution is -1.96. The number of unbranched alkanes of at least 4 members (excludes halogenated alkanes) is 9. The van der Waals surface area contributed by atoms with Gasteiger partial charge in [0.25, 0.3) is 0 Å². The minimum atomic E-state index is -0.141. The summed E-state index contributed by atoms with van der Waals surface area (Å²) in [4.78, 5) is 0. The van der Waals surface area contributed by atoms with Crippen molar-refractivity contribution in [2.24, 2.45) is 5.92 Å². The van der Waals surface area contributed by atoms with E-state index in [0.717, 1.165) is 6.42 Å². The van der Waals surface area contributed by atoms with Gasteiger partial charge in [0.05, 0.1) is 6.67 Å². The molecule has 0 nitrogen and oxygen atoms in total. The summed E-state index contributed by atoms with van der Waals surface area (Å²) in [6, 6.07) is 0. The maximum atomic E-state index is 12.2. The Morgan fingerprint density at radius 3 is 1.62 bits per heavy atom. The zero-order valence-electron chi connectivity index (χ0n) is 11.4. The molecule has 0 amide bonds. The normalized spacial score (nSPS) is 12.9. The van der Waals surface area contributed by atoms with Crippen LogP contribution in [0.1, 0.15) is 84.5 Å². The lowest BCUT2D eigenvalue weighted by molar-refractivity contribution is 0.355. The minimum Gasteiger partial charge on any atom is -0.251 e. The molecule has 0 aliphatic heterocycles. The van der Waals surface area contributed by atoms with Crippen LogP contribution in [0.15, 0.2) is 0 Å². The van der Waals surface area contributed by atoms with Gasteiger partial charge in [0.2, 0.25) is 0 Å². The summed E-state index contributed by atoms with van der Waals surface area (Å²) in [5, 5.41) is 0. The van der Waals surface area contributed by atoms with Crippen molar-refractivity contribution in [3.05, 3.63) is 0 Å². The molecule has 0 aromatic rings. The van der Waals surface area contributed by atoms with Crippen molar-refractivity contribution in [2.75, 3.05) is 6.67 Å². The van der Waals surface area contributed by atoms with Crippen LogP contribution < -0.4 is 0 Å². The van der Waals surface area contributed by atoms with Gasteiger partial charge in [-0.3, -0.25) is 4.39 Å². The van der Waals surface area contributed by atoms with Crippen LogP contribution in [-0.4, -0.2) is 6.67 Å². The predicted octanol–water partition coefficient (Wildman–Crippen LogP) is 5.90. The number of hydrogen-bond donors (Lipinski definition) is 0. The highest BCUT2D eigenvalue weighted by molar-refractivity contribution is 4.52. The summed E-state index contributed by atoms with van der Waals surface area (Å²) >= 11 is 0. The molecule has 0 spiro atoms. The lowest BCUT2D eigenvalue weighted by Gasteiger charge is -2.05. The molecule has 0 aromatic heterocycles. The van der Waals surface area contributed by atoms with Crippen LogP contribution in [0.2, 0.25) is 0 Å². The SMILES string of the molecule is CCCCCCCCCCCCC(C)CF. The molecular formula is C15H31F. The second-order valence-electron chi connectivity index (χ2n) is 5.23. The van der Waals surface area contributed by atoms with E-state index >= 15 is 0 Å². The molecule has 0 bridgehead atoms. The first-order valence-corrected chi connectivity index (χ1v) is 7.37. The molecule has 0 fully saturated rings. The molecule has 1 atom stereocenters. The topological polar surface area (TPSA) is 0 Å². The average molecular weight is 230 g/mol. The molecule has 98 valence electrons. The molecule has 1 heteroatoms. The van der Waals surface area contributed by atoms with Gasteiger partial charge in [0.1, 0.15) is 0 Å². The molecular weight excluding hydrogens is 199 g/mol. The zero-order chi connectivity index (χ0) is 12.1. The second-order valence-corrected chi connectivity index (χ2v) is 5.23. The van der Waals surface area contributed by atoms with Gasteiger partial charge in [0, 0.05) is 0 Å². The predicted molar refractivity (Wildman–Crippen MR) is 71.6 cm³/mol. The summed E-state index contributed by atoms with van der Waals surface area (Å²) < 4.78 is 12.2. The Bertz CT molecular complexity index is 123. The molecule has 0 N–H and O–H groups in total. The highest BCUT2D eigenvalue weighted by Crippen LogP contribution is 2.13. The third kappa shape index (κ3) is 12.0. The van der Waals surface area contributed by atoms with Gasteiger partial charge in [-0.2, -0.15) is 0 Å². The van der Waals surface area contributed by atoms with Gasteiger partial charge >= 0.3 is 0 Å².